The summed E-state index contributed by atoms with van der Waals surface area (Å²) < 4.78 is 15.6. The van der Waals surface area contributed by atoms with Crippen molar-refractivity contribution < 1.29 is 14.2 Å². The van der Waals surface area contributed by atoms with E-state index < -0.39 is 0 Å². The van der Waals surface area contributed by atoms with Crippen LogP contribution >= 0.6 is 12.2 Å². The molecule has 2 N–H and O–H groups in total. The average molecular weight is 234 g/mol. The Bertz CT molecular complexity index is 186. The molecule has 5 nitrogen and oxygen atoms in total. The van der Waals surface area contributed by atoms with Crippen molar-refractivity contribution in [2.45, 2.75) is 6.10 Å². The van der Waals surface area contributed by atoms with Gasteiger partial charge in [0.25, 0.3) is 0 Å². The van der Waals surface area contributed by atoms with Crippen LogP contribution in [0.2, 0.25) is 0 Å². The largest absolute Gasteiger partial charge is 0.383 e. The van der Waals surface area contributed by atoms with Crippen LogP contribution in [-0.2, 0) is 14.2 Å². The second-order valence-electron chi connectivity index (χ2n) is 3.20. The molecule has 1 unspecified atom stereocenters. The number of nitrogens with one attached hydrogen (secondary N) is 2. The number of methoxy groups -OCH3 is 1. The Hall–Kier alpha value is -0.430. The van der Waals surface area contributed by atoms with E-state index in [2.05, 4.69) is 10.6 Å². The van der Waals surface area contributed by atoms with E-state index >= 15 is 0 Å². The molecule has 1 saturated heterocycles. The molecule has 0 spiro atoms. The molecule has 0 amide bonds. The summed E-state index contributed by atoms with van der Waals surface area (Å²) in [7, 11) is 1.66. The highest BCUT2D eigenvalue weighted by atomic mass is 32.1. The molecule has 0 radical (unpaired) electrons. The normalized spacial score (nSPS) is 21.0. The zero-order valence-corrected chi connectivity index (χ0v) is 9.77. The number of rotatable bonds is 5. The van der Waals surface area contributed by atoms with E-state index in [9.17, 15) is 0 Å². The molecule has 0 aromatic rings. The van der Waals surface area contributed by atoms with Gasteiger partial charge in [0.1, 0.15) is 0 Å². The van der Waals surface area contributed by atoms with Crippen LogP contribution in [0.5, 0.6) is 0 Å². The molecule has 1 rings (SSSR count). The van der Waals surface area contributed by atoms with Crippen LogP contribution in [0.4, 0.5) is 0 Å². The molecule has 0 bridgehead atoms. The van der Waals surface area contributed by atoms with Crippen LogP contribution in [0.25, 0.3) is 0 Å². The van der Waals surface area contributed by atoms with Crippen molar-refractivity contribution in [1.29, 1.82) is 0 Å². The Morgan fingerprint density at radius 1 is 1.47 bits per heavy atom. The smallest absolute Gasteiger partial charge is 0.166 e. The summed E-state index contributed by atoms with van der Waals surface area (Å²) in [6, 6.07) is 0. The number of hydrogen-bond acceptors (Lipinski definition) is 4. The standard InChI is InChI=1S/C9H18N2O3S/c1-12-3-2-10-9(15)11-6-8-7-13-4-5-14-8/h8H,2-7H2,1H3,(H2,10,11,15). The second-order valence-corrected chi connectivity index (χ2v) is 3.61. The fraction of sp³-hybridized carbons (Fsp3) is 0.889. The van der Waals surface area contributed by atoms with Crippen LogP contribution in [-0.4, -0.2) is 57.8 Å². The maximum Gasteiger partial charge on any atom is 0.166 e. The highest BCUT2D eigenvalue weighted by Crippen LogP contribution is 1.98. The van der Waals surface area contributed by atoms with Crippen molar-refractivity contribution in [2.24, 2.45) is 0 Å². The number of ether oxygens (including phenoxy) is 3. The minimum Gasteiger partial charge on any atom is -0.383 e. The lowest BCUT2D eigenvalue weighted by Gasteiger charge is -2.23. The van der Waals surface area contributed by atoms with Gasteiger partial charge in [-0.3, -0.25) is 0 Å². The summed E-state index contributed by atoms with van der Waals surface area (Å²) in [6.07, 6.45) is 0.0981. The third-order valence-electron chi connectivity index (χ3n) is 1.97. The van der Waals surface area contributed by atoms with Crippen LogP contribution in [0.1, 0.15) is 0 Å². The third-order valence-corrected chi connectivity index (χ3v) is 2.26. The van der Waals surface area contributed by atoms with Gasteiger partial charge in [0.2, 0.25) is 0 Å². The molecule has 0 saturated carbocycles. The summed E-state index contributed by atoms with van der Waals surface area (Å²) in [6.45, 7) is 4.02. The van der Waals surface area contributed by atoms with Gasteiger partial charge in [-0.1, -0.05) is 0 Å². The fourth-order valence-electron chi connectivity index (χ4n) is 1.19. The molecule has 15 heavy (non-hydrogen) atoms. The van der Waals surface area contributed by atoms with E-state index in [4.69, 9.17) is 26.4 Å². The minimum atomic E-state index is 0.0981. The van der Waals surface area contributed by atoms with E-state index in [1.165, 1.54) is 0 Å². The summed E-state index contributed by atoms with van der Waals surface area (Å²) in [5, 5.41) is 6.72. The summed E-state index contributed by atoms with van der Waals surface area (Å²) in [4.78, 5) is 0. The first-order valence-corrected chi connectivity index (χ1v) is 5.43. The molecule has 1 fully saturated rings. The molecule has 0 aliphatic carbocycles. The Morgan fingerprint density at radius 3 is 3.00 bits per heavy atom. The predicted octanol–water partition coefficient (Wildman–Crippen LogP) is -0.488. The first kappa shape index (κ1) is 12.6. The summed E-state index contributed by atoms with van der Waals surface area (Å²) >= 11 is 5.06. The highest BCUT2D eigenvalue weighted by Gasteiger charge is 2.13. The first-order chi connectivity index (χ1) is 7.33. The van der Waals surface area contributed by atoms with Crippen LogP contribution in [0, 0.1) is 0 Å². The third kappa shape index (κ3) is 5.88. The SMILES string of the molecule is COCCNC(=S)NCC1COCCO1. The molecule has 1 atom stereocenters. The molecular weight excluding hydrogens is 216 g/mol. The van der Waals surface area contributed by atoms with Crippen molar-refractivity contribution in [2.75, 3.05) is 46.6 Å². The van der Waals surface area contributed by atoms with Gasteiger partial charge in [0.05, 0.1) is 32.5 Å². The lowest BCUT2D eigenvalue weighted by atomic mass is 10.3. The Kier molecular flexibility index (Phi) is 6.58. The van der Waals surface area contributed by atoms with Gasteiger partial charge in [-0.2, -0.15) is 0 Å². The molecule has 1 heterocycles. The van der Waals surface area contributed by atoms with Crippen LogP contribution < -0.4 is 10.6 Å². The van der Waals surface area contributed by atoms with Crippen LogP contribution in [0.3, 0.4) is 0 Å². The molecule has 6 heteroatoms. The predicted molar refractivity (Wildman–Crippen MR) is 61.0 cm³/mol. The van der Waals surface area contributed by atoms with E-state index in [1.54, 1.807) is 7.11 Å². The van der Waals surface area contributed by atoms with E-state index in [1.807, 2.05) is 0 Å². The van der Waals surface area contributed by atoms with E-state index in [-0.39, 0.29) is 6.10 Å². The van der Waals surface area contributed by atoms with Gasteiger partial charge in [0.15, 0.2) is 5.11 Å². The molecule has 0 aromatic heterocycles. The first-order valence-electron chi connectivity index (χ1n) is 5.03. The molecule has 1 aliphatic heterocycles. The lowest BCUT2D eigenvalue weighted by Crippen LogP contribution is -2.44. The zero-order valence-electron chi connectivity index (χ0n) is 8.95. The maximum atomic E-state index is 5.45. The number of thiocarbonyl (C=S) groups is 1. The second kappa shape index (κ2) is 7.81. The van der Waals surface area contributed by atoms with Gasteiger partial charge in [-0.25, -0.2) is 0 Å². The number of hydrogen-bond donors (Lipinski definition) is 2. The van der Waals surface area contributed by atoms with Gasteiger partial charge >= 0.3 is 0 Å². The van der Waals surface area contributed by atoms with E-state index in [0.29, 0.717) is 44.6 Å². The van der Waals surface area contributed by atoms with Gasteiger partial charge in [-0.05, 0) is 12.2 Å². The van der Waals surface area contributed by atoms with Crippen molar-refractivity contribution >= 4 is 17.3 Å². The molecule has 88 valence electrons. The Balaban J connectivity index is 2.00. The quantitative estimate of drug-likeness (QED) is 0.495. The van der Waals surface area contributed by atoms with Crippen molar-refractivity contribution in [3.05, 3.63) is 0 Å². The molecule has 0 aromatic carbocycles. The van der Waals surface area contributed by atoms with Crippen molar-refractivity contribution in [3.8, 4) is 0 Å². The van der Waals surface area contributed by atoms with Crippen molar-refractivity contribution in [3.63, 3.8) is 0 Å². The Morgan fingerprint density at radius 2 is 2.33 bits per heavy atom. The fourth-order valence-corrected chi connectivity index (χ4v) is 1.38. The highest BCUT2D eigenvalue weighted by molar-refractivity contribution is 7.80. The van der Waals surface area contributed by atoms with Gasteiger partial charge < -0.3 is 24.8 Å². The van der Waals surface area contributed by atoms with Crippen LogP contribution in [0.15, 0.2) is 0 Å². The Labute approximate surface area is 95.5 Å². The van der Waals surface area contributed by atoms with Gasteiger partial charge in [-0.15, -0.1) is 0 Å². The molecule has 1 aliphatic rings. The summed E-state index contributed by atoms with van der Waals surface area (Å²) in [5.41, 5.74) is 0. The average Bonchev–Trinajstić information content (AvgIpc) is 2.28. The van der Waals surface area contributed by atoms with E-state index in [0.717, 1.165) is 0 Å². The van der Waals surface area contributed by atoms with Gasteiger partial charge in [0, 0.05) is 20.2 Å². The zero-order chi connectivity index (χ0) is 10.9. The maximum absolute atomic E-state index is 5.45. The summed E-state index contributed by atoms with van der Waals surface area (Å²) in [5.74, 6) is 0. The molecular formula is C9H18N2O3S. The monoisotopic (exact) mass is 234 g/mol. The lowest BCUT2D eigenvalue weighted by molar-refractivity contribution is -0.0849. The topological polar surface area (TPSA) is 51.8 Å². The van der Waals surface area contributed by atoms with Crippen molar-refractivity contribution in [1.82, 2.24) is 10.6 Å². The minimum absolute atomic E-state index is 0.0981.